The van der Waals surface area contributed by atoms with Crippen molar-refractivity contribution in [3.63, 3.8) is 0 Å². The largest absolute Gasteiger partial charge is 0.504 e. The van der Waals surface area contributed by atoms with Gasteiger partial charge in [-0.05, 0) is 55.3 Å². The first-order chi connectivity index (χ1) is 11.4. The van der Waals surface area contributed by atoms with Crippen LogP contribution in [-0.4, -0.2) is 21.1 Å². The van der Waals surface area contributed by atoms with Gasteiger partial charge in [-0.2, -0.15) is 0 Å². The third-order valence-corrected chi connectivity index (χ3v) is 4.05. The second kappa shape index (κ2) is 6.28. The first kappa shape index (κ1) is 15.9. The minimum Gasteiger partial charge on any atom is -0.504 e. The van der Waals surface area contributed by atoms with Crippen molar-refractivity contribution in [1.29, 1.82) is 0 Å². The average molecular weight is 324 g/mol. The highest BCUT2D eigenvalue weighted by Gasteiger charge is 2.15. The Morgan fingerprint density at radius 1 is 1.12 bits per heavy atom. The smallest absolute Gasteiger partial charge is 0.227 e. The lowest BCUT2D eigenvalue weighted by Crippen LogP contribution is -2.22. The molecule has 0 saturated carbocycles. The molecule has 24 heavy (non-hydrogen) atoms. The van der Waals surface area contributed by atoms with Crippen molar-refractivity contribution in [3.8, 4) is 11.5 Å². The van der Waals surface area contributed by atoms with Gasteiger partial charge in [-0.1, -0.05) is 13.0 Å². The Morgan fingerprint density at radius 3 is 2.67 bits per heavy atom. The van der Waals surface area contributed by atoms with Crippen LogP contribution in [0.3, 0.4) is 0 Å². The number of aromatic hydroxyl groups is 2. The van der Waals surface area contributed by atoms with Gasteiger partial charge in [0.15, 0.2) is 11.5 Å². The van der Waals surface area contributed by atoms with Crippen molar-refractivity contribution in [3.05, 3.63) is 53.7 Å². The molecule has 2 aromatic carbocycles. The molecule has 0 saturated heterocycles. The third kappa shape index (κ3) is 3.35. The van der Waals surface area contributed by atoms with E-state index in [0.717, 1.165) is 27.8 Å². The summed E-state index contributed by atoms with van der Waals surface area (Å²) >= 11 is 0. The van der Waals surface area contributed by atoms with E-state index < -0.39 is 0 Å². The van der Waals surface area contributed by atoms with Crippen LogP contribution in [0.5, 0.6) is 11.5 Å². The molecule has 5 heteroatoms. The lowest BCUT2D eigenvalue weighted by Gasteiger charge is -2.13. The Hall–Kier alpha value is -2.95. The summed E-state index contributed by atoms with van der Waals surface area (Å²) in [6, 6.07) is 12.4. The number of H-pyrrole nitrogens is 1. The fraction of sp³-hybridized carbons (Fsp3) is 0.211. The van der Waals surface area contributed by atoms with Gasteiger partial charge < -0.3 is 20.5 Å². The van der Waals surface area contributed by atoms with Gasteiger partial charge in [0.05, 0.1) is 0 Å². The van der Waals surface area contributed by atoms with Crippen LogP contribution in [0.1, 0.15) is 18.2 Å². The maximum Gasteiger partial charge on any atom is 0.227 e. The summed E-state index contributed by atoms with van der Waals surface area (Å²) in [7, 11) is 0. The van der Waals surface area contributed by atoms with E-state index in [-0.39, 0.29) is 23.3 Å². The van der Waals surface area contributed by atoms with Crippen LogP contribution in [0.25, 0.3) is 10.9 Å². The number of amides is 1. The van der Waals surface area contributed by atoms with Crippen LogP contribution >= 0.6 is 0 Å². The SMILES string of the molecule is Cc1cc2cc(NC(=O)C(C)Cc3ccc(O)c(O)c3)ccc2[nH]1. The number of aromatic amines is 1. The van der Waals surface area contributed by atoms with Crippen LogP contribution in [0.4, 0.5) is 5.69 Å². The number of fused-ring (bicyclic) bond motifs is 1. The van der Waals surface area contributed by atoms with Crippen molar-refractivity contribution in [2.45, 2.75) is 20.3 Å². The molecule has 0 aliphatic rings. The predicted molar refractivity (Wildman–Crippen MR) is 94.3 cm³/mol. The molecule has 0 fully saturated rings. The number of rotatable bonds is 4. The van der Waals surface area contributed by atoms with Gasteiger partial charge in [0.2, 0.25) is 5.91 Å². The molecule has 3 aromatic rings. The van der Waals surface area contributed by atoms with E-state index in [4.69, 9.17) is 0 Å². The van der Waals surface area contributed by atoms with Gasteiger partial charge in [-0.3, -0.25) is 4.79 Å². The van der Waals surface area contributed by atoms with E-state index in [0.29, 0.717) is 6.42 Å². The number of anilines is 1. The number of hydrogen-bond donors (Lipinski definition) is 4. The number of aromatic nitrogens is 1. The zero-order valence-corrected chi connectivity index (χ0v) is 13.6. The van der Waals surface area contributed by atoms with Gasteiger partial charge in [-0.15, -0.1) is 0 Å². The van der Waals surface area contributed by atoms with Gasteiger partial charge in [0.1, 0.15) is 0 Å². The molecule has 3 rings (SSSR count). The fourth-order valence-corrected chi connectivity index (χ4v) is 2.76. The standard InChI is InChI=1S/C19H20N2O3/c1-11(7-13-3-6-17(22)18(23)9-13)19(24)21-15-4-5-16-14(10-15)8-12(2)20-16/h3-6,8-11,20,22-23H,7H2,1-2H3,(H,21,24). The zero-order chi connectivity index (χ0) is 17.3. The molecule has 1 atom stereocenters. The summed E-state index contributed by atoms with van der Waals surface area (Å²) in [5, 5.41) is 22.9. The number of phenols is 2. The summed E-state index contributed by atoms with van der Waals surface area (Å²) in [5.74, 6) is -0.689. The van der Waals surface area contributed by atoms with Crippen LogP contribution in [0, 0.1) is 12.8 Å². The predicted octanol–water partition coefficient (Wildman–Crippen LogP) is 3.70. The molecule has 0 radical (unpaired) electrons. The molecule has 1 aromatic heterocycles. The van der Waals surface area contributed by atoms with E-state index in [2.05, 4.69) is 10.3 Å². The average Bonchev–Trinajstić information content (AvgIpc) is 2.90. The first-order valence-corrected chi connectivity index (χ1v) is 7.83. The highest BCUT2D eigenvalue weighted by atomic mass is 16.3. The Morgan fingerprint density at radius 2 is 1.92 bits per heavy atom. The van der Waals surface area contributed by atoms with Crippen LogP contribution < -0.4 is 5.32 Å². The molecule has 0 aliphatic heterocycles. The Labute approximate surface area is 140 Å². The summed E-state index contributed by atoms with van der Waals surface area (Å²) in [6.45, 7) is 3.83. The van der Waals surface area contributed by atoms with Crippen LogP contribution in [-0.2, 0) is 11.2 Å². The molecule has 1 amide bonds. The Balaban J connectivity index is 1.69. The molecular formula is C19H20N2O3. The molecular weight excluding hydrogens is 304 g/mol. The lowest BCUT2D eigenvalue weighted by atomic mass is 10.00. The van der Waals surface area contributed by atoms with E-state index in [9.17, 15) is 15.0 Å². The maximum atomic E-state index is 12.4. The summed E-state index contributed by atoms with van der Waals surface area (Å²) in [4.78, 5) is 15.6. The van der Waals surface area contributed by atoms with Crippen molar-refractivity contribution < 1.29 is 15.0 Å². The van der Waals surface area contributed by atoms with Crippen molar-refractivity contribution in [1.82, 2.24) is 4.98 Å². The highest BCUT2D eigenvalue weighted by Crippen LogP contribution is 2.26. The topological polar surface area (TPSA) is 85.3 Å². The number of carbonyl (C=O) groups excluding carboxylic acids is 1. The molecule has 0 bridgehead atoms. The molecule has 4 N–H and O–H groups in total. The molecule has 1 unspecified atom stereocenters. The van der Waals surface area contributed by atoms with E-state index in [1.54, 1.807) is 6.07 Å². The van der Waals surface area contributed by atoms with Crippen LogP contribution in [0.2, 0.25) is 0 Å². The summed E-state index contributed by atoms with van der Waals surface area (Å²) < 4.78 is 0. The second-order valence-electron chi connectivity index (χ2n) is 6.17. The van der Waals surface area contributed by atoms with Gasteiger partial charge in [-0.25, -0.2) is 0 Å². The third-order valence-electron chi connectivity index (χ3n) is 4.05. The monoisotopic (exact) mass is 324 g/mol. The number of hydrogen-bond acceptors (Lipinski definition) is 3. The zero-order valence-electron chi connectivity index (χ0n) is 13.6. The van der Waals surface area contributed by atoms with E-state index in [1.165, 1.54) is 12.1 Å². The molecule has 124 valence electrons. The fourth-order valence-electron chi connectivity index (χ4n) is 2.76. The quantitative estimate of drug-likeness (QED) is 0.552. The van der Waals surface area contributed by atoms with Gasteiger partial charge >= 0.3 is 0 Å². The number of benzene rings is 2. The summed E-state index contributed by atoms with van der Waals surface area (Å²) in [6.07, 6.45) is 0.477. The van der Waals surface area contributed by atoms with Crippen molar-refractivity contribution in [2.75, 3.05) is 5.32 Å². The number of nitrogens with one attached hydrogen (secondary N) is 2. The number of carbonyl (C=O) groups is 1. The summed E-state index contributed by atoms with van der Waals surface area (Å²) in [5.41, 5.74) is 3.67. The minimum absolute atomic E-state index is 0.0887. The van der Waals surface area contributed by atoms with E-state index in [1.807, 2.05) is 38.1 Å². The van der Waals surface area contributed by atoms with Crippen LogP contribution in [0.15, 0.2) is 42.5 Å². The first-order valence-electron chi connectivity index (χ1n) is 7.83. The van der Waals surface area contributed by atoms with Gasteiger partial charge in [0, 0.05) is 28.2 Å². The number of phenolic OH excluding ortho intramolecular Hbond substituents is 2. The van der Waals surface area contributed by atoms with Crippen molar-refractivity contribution >= 4 is 22.5 Å². The second-order valence-corrected chi connectivity index (χ2v) is 6.17. The minimum atomic E-state index is -0.266. The molecule has 1 heterocycles. The van der Waals surface area contributed by atoms with E-state index >= 15 is 0 Å². The maximum absolute atomic E-state index is 12.4. The van der Waals surface area contributed by atoms with Crippen molar-refractivity contribution in [2.24, 2.45) is 5.92 Å². The molecule has 0 aliphatic carbocycles. The number of aryl methyl sites for hydroxylation is 1. The lowest BCUT2D eigenvalue weighted by molar-refractivity contribution is -0.119. The normalized spacial score (nSPS) is 12.2. The molecule has 0 spiro atoms. The Bertz CT molecular complexity index is 899. The highest BCUT2D eigenvalue weighted by molar-refractivity contribution is 5.95. The molecule has 5 nitrogen and oxygen atoms in total. The van der Waals surface area contributed by atoms with Gasteiger partial charge in [0.25, 0.3) is 0 Å². The Kier molecular flexibility index (Phi) is 4.16.